The number of rotatable bonds is 4. The first-order valence-corrected chi connectivity index (χ1v) is 6.48. The first-order chi connectivity index (χ1) is 9.61. The lowest BCUT2D eigenvalue weighted by atomic mass is 10.2. The van der Waals surface area contributed by atoms with Gasteiger partial charge in [0, 0.05) is 31.3 Å². The predicted molar refractivity (Wildman–Crippen MR) is 72.1 cm³/mol. The Balaban J connectivity index is 1.88. The van der Waals surface area contributed by atoms with Crippen molar-refractivity contribution in [1.82, 2.24) is 4.90 Å². The van der Waals surface area contributed by atoms with E-state index in [-0.39, 0.29) is 24.4 Å². The van der Waals surface area contributed by atoms with Gasteiger partial charge in [-0.15, -0.1) is 0 Å². The molecule has 108 valence electrons. The number of nitrogens with zero attached hydrogens (tertiary/aromatic N) is 2. The SMILES string of the molecule is NCC1CCCN1C(=O)OCc1ccc([N+](=O)[O-])cc1. The highest BCUT2D eigenvalue weighted by Crippen LogP contribution is 2.18. The van der Waals surface area contributed by atoms with E-state index in [1.807, 2.05) is 0 Å². The predicted octanol–water partition coefficient (Wildman–Crippen LogP) is 1.65. The van der Waals surface area contributed by atoms with Crippen LogP contribution in [0.15, 0.2) is 24.3 Å². The Morgan fingerprint density at radius 2 is 2.15 bits per heavy atom. The summed E-state index contributed by atoms with van der Waals surface area (Å²) in [6, 6.07) is 5.99. The Kier molecular flexibility index (Phi) is 4.52. The van der Waals surface area contributed by atoms with Gasteiger partial charge in [-0.1, -0.05) is 0 Å². The second-order valence-electron chi connectivity index (χ2n) is 4.70. The number of likely N-dealkylation sites (tertiary alicyclic amines) is 1. The fraction of sp³-hybridized carbons (Fsp3) is 0.462. The Labute approximate surface area is 116 Å². The van der Waals surface area contributed by atoms with Crippen LogP contribution < -0.4 is 5.73 Å². The van der Waals surface area contributed by atoms with Gasteiger partial charge >= 0.3 is 6.09 Å². The monoisotopic (exact) mass is 279 g/mol. The van der Waals surface area contributed by atoms with Gasteiger partial charge < -0.3 is 15.4 Å². The molecule has 1 heterocycles. The van der Waals surface area contributed by atoms with E-state index in [4.69, 9.17) is 10.5 Å². The molecule has 1 aromatic carbocycles. The highest BCUT2D eigenvalue weighted by molar-refractivity contribution is 5.68. The van der Waals surface area contributed by atoms with Gasteiger partial charge in [-0.05, 0) is 30.5 Å². The molecule has 0 bridgehead atoms. The number of carbonyl (C=O) groups excluding carboxylic acids is 1. The fourth-order valence-electron chi connectivity index (χ4n) is 2.26. The van der Waals surface area contributed by atoms with Crippen LogP contribution in [0.1, 0.15) is 18.4 Å². The number of non-ortho nitro benzene ring substituents is 1. The van der Waals surface area contributed by atoms with Gasteiger partial charge in [-0.25, -0.2) is 4.79 Å². The summed E-state index contributed by atoms with van der Waals surface area (Å²) in [6.07, 6.45) is 1.47. The van der Waals surface area contributed by atoms with Crippen molar-refractivity contribution in [2.45, 2.75) is 25.5 Å². The van der Waals surface area contributed by atoms with E-state index in [1.54, 1.807) is 17.0 Å². The molecule has 20 heavy (non-hydrogen) atoms. The molecule has 2 rings (SSSR count). The van der Waals surface area contributed by atoms with Crippen molar-refractivity contribution >= 4 is 11.8 Å². The highest BCUT2D eigenvalue weighted by atomic mass is 16.6. The maximum absolute atomic E-state index is 11.9. The van der Waals surface area contributed by atoms with Crippen LogP contribution in [-0.2, 0) is 11.3 Å². The third-order valence-corrected chi connectivity index (χ3v) is 3.39. The van der Waals surface area contributed by atoms with E-state index >= 15 is 0 Å². The number of ether oxygens (including phenoxy) is 1. The van der Waals surface area contributed by atoms with Gasteiger partial charge in [0.25, 0.3) is 5.69 Å². The number of carbonyl (C=O) groups is 1. The minimum Gasteiger partial charge on any atom is -0.445 e. The van der Waals surface area contributed by atoms with E-state index in [2.05, 4.69) is 0 Å². The van der Waals surface area contributed by atoms with E-state index in [1.165, 1.54) is 12.1 Å². The summed E-state index contributed by atoms with van der Waals surface area (Å²) in [4.78, 5) is 23.6. The molecule has 7 nitrogen and oxygen atoms in total. The molecule has 1 saturated heterocycles. The van der Waals surface area contributed by atoms with Gasteiger partial charge in [0.1, 0.15) is 6.61 Å². The third kappa shape index (κ3) is 3.24. The molecule has 0 spiro atoms. The van der Waals surface area contributed by atoms with Crippen LogP contribution in [-0.4, -0.2) is 35.0 Å². The minimum atomic E-state index is -0.466. The number of nitrogens with two attached hydrogens (primary N) is 1. The van der Waals surface area contributed by atoms with E-state index in [9.17, 15) is 14.9 Å². The second-order valence-corrected chi connectivity index (χ2v) is 4.70. The first-order valence-electron chi connectivity index (χ1n) is 6.48. The number of amides is 1. The van der Waals surface area contributed by atoms with Gasteiger partial charge in [0.15, 0.2) is 0 Å². The molecule has 1 atom stereocenters. The Hall–Kier alpha value is -2.15. The topological polar surface area (TPSA) is 98.7 Å². The summed E-state index contributed by atoms with van der Waals surface area (Å²) in [6.45, 7) is 1.21. The van der Waals surface area contributed by atoms with Gasteiger partial charge in [0.2, 0.25) is 0 Å². The van der Waals surface area contributed by atoms with Crippen molar-refractivity contribution in [3.05, 3.63) is 39.9 Å². The summed E-state index contributed by atoms with van der Waals surface area (Å²) >= 11 is 0. The molecular formula is C13H17N3O4. The molecule has 2 N–H and O–H groups in total. The molecule has 0 saturated carbocycles. The molecule has 0 aromatic heterocycles. The second kappa shape index (κ2) is 6.33. The lowest BCUT2D eigenvalue weighted by molar-refractivity contribution is -0.384. The van der Waals surface area contributed by atoms with Crippen molar-refractivity contribution in [1.29, 1.82) is 0 Å². The molecule has 7 heteroatoms. The quantitative estimate of drug-likeness (QED) is 0.667. The number of benzene rings is 1. The fourth-order valence-corrected chi connectivity index (χ4v) is 2.26. The largest absolute Gasteiger partial charge is 0.445 e. The summed E-state index contributed by atoms with van der Waals surface area (Å²) < 4.78 is 5.21. The Morgan fingerprint density at radius 3 is 2.75 bits per heavy atom. The van der Waals surface area contributed by atoms with Crippen LogP contribution in [0.25, 0.3) is 0 Å². The number of hydrogen-bond acceptors (Lipinski definition) is 5. The zero-order valence-electron chi connectivity index (χ0n) is 11.0. The lowest BCUT2D eigenvalue weighted by Gasteiger charge is -2.22. The van der Waals surface area contributed by atoms with Gasteiger partial charge in [-0.2, -0.15) is 0 Å². The van der Waals surface area contributed by atoms with Crippen LogP contribution in [0.5, 0.6) is 0 Å². The lowest BCUT2D eigenvalue weighted by Crippen LogP contribution is -2.40. The molecule has 1 aromatic rings. The summed E-state index contributed by atoms with van der Waals surface area (Å²) in [5.74, 6) is 0. The molecule has 1 aliphatic rings. The van der Waals surface area contributed by atoms with Crippen LogP contribution in [0.2, 0.25) is 0 Å². The Morgan fingerprint density at radius 1 is 1.45 bits per heavy atom. The van der Waals surface area contributed by atoms with Crippen LogP contribution in [0, 0.1) is 10.1 Å². The zero-order chi connectivity index (χ0) is 14.5. The molecule has 1 fully saturated rings. The number of nitro groups is 1. The molecular weight excluding hydrogens is 262 g/mol. The Bertz CT molecular complexity index is 489. The maximum atomic E-state index is 11.9. The molecule has 0 radical (unpaired) electrons. The molecule has 1 aliphatic heterocycles. The number of nitro benzene ring substituents is 1. The third-order valence-electron chi connectivity index (χ3n) is 3.39. The van der Waals surface area contributed by atoms with Crippen molar-refractivity contribution in [3.8, 4) is 0 Å². The number of hydrogen-bond donors (Lipinski definition) is 1. The maximum Gasteiger partial charge on any atom is 0.410 e. The standard InChI is InChI=1S/C13H17N3O4/c14-8-12-2-1-7-15(12)13(17)20-9-10-3-5-11(6-4-10)16(18)19/h3-6,12H,1-2,7-9,14H2. The van der Waals surface area contributed by atoms with E-state index in [0.29, 0.717) is 18.7 Å². The summed E-state index contributed by atoms with van der Waals surface area (Å²) in [5.41, 5.74) is 6.33. The van der Waals surface area contributed by atoms with Crippen molar-refractivity contribution in [2.75, 3.05) is 13.1 Å². The summed E-state index contributed by atoms with van der Waals surface area (Å²) in [5, 5.41) is 10.5. The van der Waals surface area contributed by atoms with Crippen molar-refractivity contribution in [3.63, 3.8) is 0 Å². The van der Waals surface area contributed by atoms with E-state index < -0.39 is 4.92 Å². The smallest absolute Gasteiger partial charge is 0.410 e. The van der Waals surface area contributed by atoms with Gasteiger partial charge in [-0.3, -0.25) is 10.1 Å². The van der Waals surface area contributed by atoms with Crippen molar-refractivity contribution in [2.24, 2.45) is 5.73 Å². The van der Waals surface area contributed by atoms with E-state index in [0.717, 1.165) is 12.8 Å². The highest BCUT2D eigenvalue weighted by Gasteiger charge is 2.28. The zero-order valence-corrected chi connectivity index (χ0v) is 11.0. The average molecular weight is 279 g/mol. The first kappa shape index (κ1) is 14.3. The molecule has 1 amide bonds. The van der Waals surface area contributed by atoms with Gasteiger partial charge in [0.05, 0.1) is 4.92 Å². The average Bonchev–Trinajstić information content (AvgIpc) is 2.93. The normalized spacial score (nSPS) is 18.1. The van der Waals surface area contributed by atoms with Crippen molar-refractivity contribution < 1.29 is 14.5 Å². The van der Waals surface area contributed by atoms with Crippen LogP contribution >= 0.6 is 0 Å². The summed E-state index contributed by atoms with van der Waals surface area (Å²) in [7, 11) is 0. The van der Waals surface area contributed by atoms with Crippen LogP contribution in [0.3, 0.4) is 0 Å². The minimum absolute atomic E-state index is 0.0165. The van der Waals surface area contributed by atoms with Crippen LogP contribution in [0.4, 0.5) is 10.5 Å². The molecule has 1 unspecified atom stereocenters. The molecule has 0 aliphatic carbocycles.